The predicted octanol–water partition coefficient (Wildman–Crippen LogP) is 2.36. The van der Waals surface area contributed by atoms with Gasteiger partial charge in [0, 0.05) is 29.8 Å². The third-order valence-corrected chi connectivity index (χ3v) is 4.63. The van der Waals surface area contributed by atoms with Crippen LogP contribution in [0.25, 0.3) is 0 Å². The molecule has 0 unspecified atom stereocenters. The van der Waals surface area contributed by atoms with E-state index in [9.17, 15) is 0 Å². The number of aromatic nitrogens is 2. The summed E-state index contributed by atoms with van der Waals surface area (Å²) in [6, 6.07) is 0.597. The molecule has 0 aromatic carbocycles. The minimum absolute atomic E-state index is 0.597. The van der Waals surface area contributed by atoms with Gasteiger partial charge in [0.2, 0.25) is 0 Å². The van der Waals surface area contributed by atoms with Gasteiger partial charge >= 0.3 is 0 Å². The number of rotatable bonds is 6. The van der Waals surface area contributed by atoms with Crippen molar-refractivity contribution in [2.75, 3.05) is 12.3 Å². The summed E-state index contributed by atoms with van der Waals surface area (Å²) in [6.07, 6.45) is 6.94. The Morgan fingerprint density at radius 1 is 1.53 bits per heavy atom. The minimum atomic E-state index is 0.597. The maximum Gasteiger partial charge on any atom is 0.166 e. The largest absolute Gasteiger partial charge is 0.362 e. The van der Waals surface area contributed by atoms with Gasteiger partial charge in [0.25, 0.3) is 0 Å². The first-order valence-corrected chi connectivity index (χ1v) is 8.43. The van der Waals surface area contributed by atoms with Crippen molar-refractivity contribution in [1.29, 1.82) is 0 Å². The number of nitrogens with zero attached hydrogens (tertiary/aromatic N) is 1. The van der Waals surface area contributed by atoms with Crippen LogP contribution in [-0.2, 0) is 5.75 Å². The molecule has 1 fully saturated rings. The topological polar surface area (TPSA) is 52.7 Å². The lowest BCUT2D eigenvalue weighted by molar-refractivity contribution is 0.623. The molecule has 6 heteroatoms. The van der Waals surface area contributed by atoms with E-state index < -0.39 is 0 Å². The second-order valence-electron chi connectivity index (χ2n) is 4.91. The molecule has 1 aliphatic rings. The highest BCUT2D eigenvalue weighted by Gasteiger charge is 2.14. The van der Waals surface area contributed by atoms with E-state index in [1.165, 1.54) is 31.4 Å². The molecule has 1 aromatic rings. The highest BCUT2D eigenvalue weighted by molar-refractivity contribution is 7.98. The number of aryl methyl sites for hydroxylation is 1. The Morgan fingerprint density at radius 3 is 3.00 bits per heavy atom. The van der Waals surface area contributed by atoms with E-state index in [0.717, 1.165) is 28.9 Å². The fourth-order valence-electron chi connectivity index (χ4n) is 2.24. The summed E-state index contributed by atoms with van der Waals surface area (Å²) >= 11 is 7.17. The van der Waals surface area contributed by atoms with Crippen molar-refractivity contribution in [3.05, 3.63) is 17.7 Å². The minimum Gasteiger partial charge on any atom is -0.362 e. The number of hydrogen-bond acceptors (Lipinski definition) is 3. The number of H-pyrrole nitrogens is 1. The molecule has 0 radical (unpaired) electrons. The van der Waals surface area contributed by atoms with E-state index >= 15 is 0 Å². The molecule has 0 spiro atoms. The van der Waals surface area contributed by atoms with Gasteiger partial charge in [0.1, 0.15) is 0 Å². The van der Waals surface area contributed by atoms with Crippen LogP contribution in [0.1, 0.15) is 37.1 Å². The van der Waals surface area contributed by atoms with Crippen LogP contribution in [0.3, 0.4) is 0 Å². The monoisotopic (exact) mass is 298 g/mol. The van der Waals surface area contributed by atoms with Crippen LogP contribution < -0.4 is 10.6 Å². The quantitative estimate of drug-likeness (QED) is 0.556. The van der Waals surface area contributed by atoms with E-state index in [1.54, 1.807) is 6.33 Å². The molecule has 1 aliphatic carbocycles. The van der Waals surface area contributed by atoms with E-state index in [1.807, 2.05) is 11.8 Å². The number of nitrogens with one attached hydrogen (secondary N) is 3. The second kappa shape index (κ2) is 7.75. The van der Waals surface area contributed by atoms with Crippen molar-refractivity contribution in [3.8, 4) is 0 Å². The third-order valence-electron chi connectivity index (χ3n) is 3.40. The second-order valence-corrected chi connectivity index (χ2v) is 6.42. The SMILES string of the molecule is Cc1[nH]cnc1CSCCNC(=S)NC1CCCC1. The van der Waals surface area contributed by atoms with Crippen LogP contribution in [0.2, 0.25) is 0 Å². The van der Waals surface area contributed by atoms with Gasteiger partial charge in [-0.1, -0.05) is 12.8 Å². The third kappa shape index (κ3) is 5.03. The van der Waals surface area contributed by atoms with Gasteiger partial charge in [0.05, 0.1) is 12.0 Å². The van der Waals surface area contributed by atoms with Crippen molar-refractivity contribution < 1.29 is 0 Å². The molecule has 0 aliphatic heterocycles. The molecular formula is C13H22N4S2. The normalized spacial score (nSPS) is 15.6. The Morgan fingerprint density at radius 2 is 2.32 bits per heavy atom. The molecule has 4 nitrogen and oxygen atoms in total. The van der Waals surface area contributed by atoms with Crippen LogP contribution in [0, 0.1) is 6.92 Å². The van der Waals surface area contributed by atoms with Gasteiger partial charge in [-0.15, -0.1) is 0 Å². The Labute approximate surface area is 124 Å². The Balaban J connectivity index is 1.51. The van der Waals surface area contributed by atoms with Crippen molar-refractivity contribution in [3.63, 3.8) is 0 Å². The van der Waals surface area contributed by atoms with E-state index in [4.69, 9.17) is 12.2 Å². The molecule has 3 N–H and O–H groups in total. The summed E-state index contributed by atoms with van der Waals surface area (Å²) in [4.78, 5) is 7.38. The van der Waals surface area contributed by atoms with Gasteiger partial charge in [-0.2, -0.15) is 11.8 Å². The summed E-state index contributed by atoms with van der Waals surface area (Å²) < 4.78 is 0. The lowest BCUT2D eigenvalue weighted by Gasteiger charge is -2.15. The lowest BCUT2D eigenvalue weighted by Crippen LogP contribution is -2.41. The summed E-state index contributed by atoms with van der Waals surface area (Å²) in [7, 11) is 0. The van der Waals surface area contributed by atoms with Crippen molar-refractivity contribution in [1.82, 2.24) is 20.6 Å². The molecule has 2 rings (SSSR count). The average Bonchev–Trinajstić information content (AvgIpc) is 3.01. The first-order valence-electron chi connectivity index (χ1n) is 6.86. The average molecular weight is 298 g/mol. The van der Waals surface area contributed by atoms with Crippen molar-refractivity contribution >= 4 is 29.1 Å². The van der Waals surface area contributed by atoms with Crippen molar-refractivity contribution in [2.24, 2.45) is 0 Å². The fraction of sp³-hybridized carbons (Fsp3) is 0.692. The van der Waals surface area contributed by atoms with Gasteiger partial charge in [-0.05, 0) is 32.0 Å². The fourth-order valence-corrected chi connectivity index (χ4v) is 3.39. The summed E-state index contributed by atoms with van der Waals surface area (Å²) in [5, 5.41) is 7.47. The molecule has 106 valence electrons. The smallest absolute Gasteiger partial charge is 0.166 e. The van der Waals surface area contributed by atoms with Crippen molar-refractivity contribution in [2.45, 2.75) is 44.4 Å². The molecule has 19 heavy (non-hydrogen) atoms. The van der Waals surface area contributed by atoms with Crippen LogP contribution >= 0.6 is 24.0 Å². The molecule has 1 aromatic heterocycles. The van der Waals surface area contributed by atoms with Crippen LogP contribution in [0.5, 0.6) is 0 Å². The molecule has 0 amide bonds. The summed E-state index contributed by atoms with van der Waals surface area (Å²) in [6.45, 7) is 2.97. The van der Waals surface area contributed by atoms with Crippen LogP contribution in [0.4, 0.5) is 0 Å². The first kappa shape index (κ1) is 14.7. The summed E-state index contributed by atoms with van der Waals surface area (Å²) in [5.74, 6) is 2.00. The first-order chi connectivity index (χ1) is 9.25. The molecule has 0 bridgehead atoms. The van der Waals surface area contributed by atoms with Gasteiger partial charge in [-0.25, -0.2) is 4.98 Å². The maximum absolute atomic E-state index is 5.29. The Kier molecular flexibility index (Phi) is 5.97. The van der Waals surface area contributed by atoms with Gasteiger partial charge < -0.3 is 15.6 Å². The van der Waals surface area contributed by atoms with Crippen LogP contribution in [0.15, 0.2) is 6.33 Å². The highest BCUT2D eigenvalue weighted by atomic mass is 32.2. The Hall–Kier alpha value is -0.750. The standard InChI is InChI=1S/C13H22N4S2/c1-10-12(16-9-15-10)8-19-7-6-14-13(18)17-11-4-2-3-5-11/h9,11H,2-8H2,1H3,(H,15,16)(H2,14,17,18). The molecule has 1 saturated carbocycles. The summed E-state index contributed by atoms with van der Waals surface area (Å²) in [5.41, 5.74) is 2.32. The number of hydrogen-bond donors (Lipinski definition) is 3. The Bertz CT molecular complexity index is 399. The number of aromatic amines is 1. The number of imidazole rings is 1. The highest BCUT2D eigenvalue weighted by Crippen LogP contribution is 2.17. The molecule has 1 heterocycles. The number of thioether (sulfide) groups is 1. The zero-order valence-electron chi connectivity index (χ0n) is 11.4. The zero-order chi connectivity index (χ0) is 13.5. The zero-order valence-corrected chi connectivity index (χ0v) is 13.0. The molecular weight excluding hydrogens is 276 g/mol. The predicted molar refractivity (Wildman–Crippen MR) is 85.5 cm³/mol. The van der Waals surface area contributed by atoms with Gasteiger partial charge in [0.15, 0.2) is 5.11 Å². The maximum atomic E-state index is 5.29. The molecule has 0 saturated heterocycles. The van der Waals surface area contributed by atoms with E-state index in [-0.39, 0.29) is 0 Å². The van der Waals surface area contributed by atoms with E-state index in [0.29, 0.717) is 6.04 Å². The van der Waals surface area contributed by atoms with Crippen LogP contribution in [-0.4, -0.2) is 33.4 Å². The lowest BCUT2D eigenvalue weighted by atomic mass is 10.3. The molecule has 0 atom stereocenters. The van der Waals surface area contributed by atoms with Gasteiger partial charge in [-0.3, -0.25) is 0 Å². The van der Waals surface area contributed by atoms with E-state index in [2.05, 4.69) is 27.5 Å². The number of thiocarbonyl (C=S) groups is 1.